The molecular formula is C11H11F3N2O5. The molecule has 21 heavy (non-hydrogen) atoms. The Morgan fingerprint density at radius 3 is 2.62 bits per heavy atom. The van der Waals surface area contributed by atoms with Crippen LogP contribution in [0.3, 0.4) is 0 Å². The number of hydrogen-bond donors (Lipinski definition) is 2. The van der Waals surface area contributed by atoms with Crippen molar-refractivity contribution in [1.82, 2.24) is 5.32 Å². The van der Waals surface area contributed by atoms with Crippen molar-refractivity contribution in [2.45, 2.75) is 12.8 Å². The third-order valence-corrected chi connectivity index (χ3v) is 2.25. The fraction of sp³-hybridized carbons (Fsp3) is 0.364. The average molecular weight is 308 g/mol. The second-order valence-electron chi connectivity index (χ2n) is 3.90. The van der Waals surface area contributed by atoms with Crippen LogP contribution in [0.2, 0.25) is 0 Å². The number of hydrogen-bond acceptors (Lipinski definition) is 5. The number of aliphatic hydroxyl groups excluding tert-OH is 1. The number of halogens is 3. The Balaban J connectivity index is 2.67. The van der Waals surface area contributed by atoms with Gasteiger partial charge in [0.05, 0.1) is 11.5 Å². The van der Waals surface area contributed by atoms with E-state index in [9.17, 15) is 28.1 Å². The van der Waals surface area contributed by atoms with Crippen molar-refractivity contribution < 1.29 is 32.7 Å². The van der Waals surface area contributed by atoms with Crippen LogP contribution >= 0.6 is 0 Å². The second-order valence-corrected chi connectivity index (χ2v) is 3.90. The molecule has 116 valence electrons. The highest BCUT2D eigenvalue weighted by Crippen LogP contribution is 2.27. The lowest BCUT2D eigenvalue weighted by Crippen LogP contribution is -2.36. The van der Waals surface area contributed by atoms with Crippen LogP contribution in [0.1, 0.15) is 5.56 Å². The van der Waals surface area contributed by atoms with E-state index in [1.807, 2.05) is 0 Å². The average Bonchev–Trinajstić information content (AvgIpc) is 2.41. The molecule has 0 bridgehead atoms. The maximum absolute atomic E-state index is 11.9. The van der Waals surface area contributed by atoms with E-state index in [0.717, 1.165) is 12.1 Å². The van der Waals surface area contributed by atoms with Crippen LogP contribution in [-0.4, -0.2) is 35.3 Å². The van der Waals surface area contributed by atoms with Gasteiger partial charge in [0.1, 0.15) is 6.54 Å². The smallest absolute Gasteiger partial charge is 0.405 e. The predicted octanol–water partition coefficient (Wildman–Crippen LogP) is 1.14. The molecule has 7 nitrogen and oxygen atoms in total. The first-order chi connectivity index (χ1) is 9.73. The number of amides is 1. The number of nitro groups is 1. The van der Waals surface area contributed by atoms with Gasteiger partial charge in [-0.05, 0) is 11.6 Å². The molecule has 1 aromatic carbocycles. The third-order valence-electron chi connectivity index (χ3n) is 2.25. The molecule has 0 radical (unpaired) electrons. The zero-order valence-electron chi connectivity index (χ0n) is 10.5. The molecule has 0 spiro atoms. The Labute approximate surface area is 116 Å². The second kappa shape index (κ2) is 6.88. The highest BCUT2D eigenvalue weighted by Gasteiger charge is 2.27. The summed E-state index contributed by atoms with van der Waals surface area (Å²) in [6, 6.07) is 3.53. The number of rotatable bonds is 6. The summed E-state index contributed by atoms with van der Waals surface area (Å²) in [5.41, 5.74) is -0.235. The lowest BCUT2D eigenvalue weighted by molar-refractivity contribution is -0.385. The summed E-state index contributed by atoms with van der Waals surface area (Å²) in [6.45, 7) is -2.73. The van der Waals surface area contributed by atoms with Crippen LogP contribution in [-0.2, 0) is 11.4 Å². The summed E-state index contributed by atoms with van der Waals surface area (Å²) in [4.78, 5) is 21.1. The molecule has 2 N–H and O–H groups in total. The number of nitrogens with zero attached hydrogens (tertiary/aromatic N) is 1. The van der Waals surface area contributed by atoms with E-state index in [4.69, 9.17) is 9.84 Å². The molecule has 0 saturated heterocycles. The van der Waals surface area contributed by atoms with Crippen LogP contribution in [0, 0.1) is 10.1 Å². The van der Waals surface area contributed by atoms with Crippen LogP contribution in [0.15, 0.2) is 18.2 Å². The van der Waals surface area contributed by atoms with Crippen molar-refractivity contribution in [2.24, 2.45) is 0 Å². The standard InChI is InChI=1S/C11H11F3N2O5/c12-11(13,14)6-15-10(18)5-21-9-2-1-7(4-17)3-8(9)16(19)20/h1-3,17H,4-6H2,(H,15,18). The summed E-state index contributed by atoms with van der Waals surface area (Å²) in [6.07, 6.45) is -4.55. The van der Waals surface area contributed by atoms with E-state index in [0.29, 0.717) is 0 Å². The molecule has 0 heterocycles. The number of benzene rings is 1. The summed E-state index contributed by atoms with van der Waals surface area (Å²) in [5.74, 6) is -1.34. The Morgan fingerprint density at radius 2 is 2.10 bits per heavy atom. The van der Waals surface area contributed by atoms with Gasteiger partial charge in [-0.15, -0.1) is 0 Å². The number of nitrogens with one attached hydrogen (secondary N) is 1. The summed E-state index contributed by atoms with van der Waals surface area (Å²) < 4.78 is 40.4. The molecular weight excluding hydrogens is 297 g/mol. The Bertz CT molecular complexity index is 533. The lowest BCUT2D eigenvalue weighted by Gasteiger charge is -2.10. The molecule has 1 aromatic rings. The van der Waals surface area contributed by atoms with E-state index in [-0.39, 0.29) is 11.3 Å². The molecule has 10 heteroatoms. The molecule has 1 rings (SSSR count). The van der Waals surface area contributed by atoms with Crippen molar-refractivity contribution in [3.8, 4) is 5.75 Å². The Kier molecular flexibility index (Phi) is 5.47. The van der Waals surface area contributed by atoms with E-state index < -0.39 is 42.5 Å². The fourth-order valence-electron chi connectivity index (χ4n) is 1.32. The number of aliphatic hydroxyl groups is 1. The van der Waals surface area contributed by atoms with Crippen molar-refractivity contribution in [1.29, 1.82) is 0 Å². The molecule has 0 aliphatic rings. The van der Waals surface area contributed by atoms with Crippen molar-refractivity contribution in [3.63, 3.8) is 0 Å². The van der Waals surface area contributed by atoms with Gasteiger partial charge >= 0.3 is 11.9 Å². The van der Waals surface area contributed by atoms with Gasteiger partial charge in [0, 0.05) is 6.07 Å². The first-order valence-corrected chi connectivity index (χ1v) is 5.57. The highest BCUT2D eigenvalue weighted by atomic mass is 19.4. The quantitative estimate of drug-likeness (QED) is 0.606. The number of ether oxygens (including phenoxy) is 1. The maximum Gasteiger partial charge on any atom is 0.405 e. The number of carbonyl (C=O) groups excluding carboxylic acids is 1. The van der Waals surface area contributed by atoms with E-state index in [1.54, 1.807) is 5.32 Å². The molecule has 0 aliphatic carbocycles. The zero-order valence-corrected chi connectivity index (χ0v) is 10.5. The van der Waals surface area contributed by atoms with Gasteiger partial charge in [-0.25, -0.2) is 0 Å². The predicted molar refractivity (Wildman–Crippen MR) is 63.6 cm³/mol. The monoisotopic (exact) mass is 308 g/mol. The van der Waals surface area contributed by atoms with E-state index in [2.05, 4.69) is 0 Å². The first-order valence-electron chi connectivity index (χ1n) is 5.57. The van der Waals surface area contributed by atoms with E-state index in [1.165, 1.54) is 6.07 Å². The number of alkyl halides is 3. The normalized spacial score (nSPS) is 11.0. The minimum absolute atomic E-state index is 0.260. The molecule has 1 amide bonds. The Hall–Kier alpha value is -2.36. The van der Waals surface area contributed by atoms with Crippen LogP contribution < -0.4 is 10.1 Å². The van der Waals surface area contributed by atoms with Crippen molar-refractivity contribution >= 4 is 11.6 Å². The van der Waals surface area contributed by atoms with Crippen molar-refractivity contribution in [2.75, 3.05) is 13.2 Å². The molecule has 0 atom stereocenters. The molecule has 0 saturated carbocycles. The summed E-state index contributed by atoms with van der Waals surface area (Å²) in [7, 11) is 0. The van der Waals surface area contributed by atoms with Gasteiger partial charge in [0.2, 0.25) is 0 Å². The summed E-state index contributed by atoms with van der Waals surface area (Å²) in [5, 5.41) is 21.2. The topological polar surface area (TPSA) is 102 Å². The maximum atomic E-state index is 11.9. The fourth-order valence-corrected chi connectivity index (χ4v) is 1.32. The van der Waals surface area contributed by atoms with Gasteiger partial charge in [0.15, 0.2) is 12.4 Å². The SMILES string of the molecule is O=C(COc1ccc(CO)cc1[N+](=O)[O-])NCC(F)(F)F. The van der Waals surface area contributed by atoms with Gasteiger partial charge in [0.25, 0.3) is 5.91 Å². The minimum atomic E-state index is -4.55. The van der Waals surface area contributed by atoms with Gasteiger partial charge in [-0.3, -0.25) is 14.9 Å². The molecule has 0 aromatic heterocycles. The number of nitro benzene ring substituents is 1. The highest BCUT2D eigenvalue weighted by molar-refractivity contribution is 5.77. The largest absolute Gasteiger partial charge is 0.477 e. The first kappa shape index (κ1) is 16.7. The number of carbonyl (C=O) groups is 1. The van der Waals surface area contributed by atoms with Gasteiger partial charge in [-0.2, -0.15) is 13.2 Å². The summed E-state index contributed by atoms with van der Waals surface area (Å²) >= 11 is 0. The van der Waals surface area contributed by atoms with Crippen LogP contribution in [0.4, 0.5) is 18.9 Å². The third kappa shape index (κ3) is 5.65. The van der Waals surface area contributed by atoms with Gasteiger partial charge < -0.3 is 15.2 Å². The minimum Gasteiger partial charge on any atom is -0.477 e. The van der Waals surface area contributed by atoms with Crippen molar-refractivity contribution in [3.05, 3.63) is 33.9 Å². The van der Waals surface area contributed by atoms with Gasteiger partial charge in [-0.1, -0.05) is 6.07 Å². The molecule has 0 unspecified atom stereocenters. The van der Waals surface area contributed by atoms with Crippen LogP contribution in [0.25, 0.3) is 0 Å². The lowest BCUT2D eigenvalue weighted by atomic mass is 10.2. The molecule has 0 aliphatic heterocycles. The van der Waals surface area contributed by atoms with E-state index >= 15 is 0 Å². The Morgan fingerprint density at radius 1 is 1.43 bits per heavy atom. The molecule has 0 fully saturated rings. The van der Waals surface area contributed by atoms with Crippen LogP contribution in [0.5, 0.6) is 5.75 Å². The zero-order chi connectivity index (χ0) is 16.0.